The van der Waals surface area contributed by atoms with Crippen LogP contribution in [-0.2, 0) is 0 Å². The number of urea groups is 1. The van der Waals surface area contributed by atoms with Crippen LogP contribution in [0.2, 0.25) is 10.0 Å². The minimum atomic E-state index is 0.0117. The summed E-state index contributed by atoms with van der Waals surface area (Å²) in [6.07, 6.45) is 3.95. The van der Waals surface area contributed by atoms with E-state index in [0.29, 0.717) is 28.2 Å². The molecule has 0 aliphatic carbocycles. The molecule has 2 aromatic carbocycles. The predicted octanol–water partition coefficient (Wildman–Crippen LogP) is 5.46. The van der Waals surface area contributed by atoms with Gasteiger partial charge in [0.05, 0.1) is 10.0 Å². The van der Waals surface area contributed by atoms with Crippen molar-refractivity contribution in [2.45, 2.75) is 37.6 Å². The Labute approximate surface area is 224 Å². The highest BCUT2D eigenvalue weighted by atomic mass is 35.5. The molecule has 0 saturated carbocycles. The van der Waals surface area contributed by atoms with E-state index in [9.17, 15) is 9.59 Å². The summed E-state index contributed by atoms with van der Waals surface area (Å²) >= 11 is 12.5. The summed E-state index contributed by atoms with van der Waals surface area (Å²) in [5, 5.41) is 1.07. The van der Waals surface area contributed by atoms with E-state index in [1.54, 1.807) is 4.90 Å². The van der Waals surface area contributed by atoms with E-state index in [-0.39, 0.29) is 17.9 Å². The molecule has 0 bridgehead atoms. The number of halogens is 2. The maximum absolute atomic E-state index is 13.0. The minimum Gasteiger partial charge on any atom is -0.341 e. The molecule has 1 atom stereocenters. The lowest BCUT2D eigenvalue weighted by molar-refractivity contribution is 0.0766. The number of carbonyl (C=O) groups is 2. The Morgan fingerprint density at radius 1 is 1.03 bits per heavy atom. The van der Waals surface area contributed by atoms with Crippen LogP contribution < -0.4 is 0 Å². The van der Waals surface area contributed by atoms with Crippen molar-refractivity contribution in [1.29, 1.82) is 0 Å². The van der Waals surface area contributed by atoms with Crippen LogP contribution in [0.15, 0.2) is 48.5 Å². The summed E-state index contributed by atoms with van der Waals surface area (Å²) in [7, 11) is 3.75. The maximum Gasteiger partial charge on any atom is 0.319 e. The molecule has 0 N–H and O–H groups in total. The molecule has 1 unspecified atom stereocenters. The molecule has 8 heteroatoms. The SMILES string of the molecule is CN(CC(CCN1CCC(N2CCCN(C)C2=O)CC1)c1ccc(Cl)c(Cl)c1)C(=O)c1ccccc1. The third kappa shape index (κ3) is 6.53. The molecule has 2 heterocycles. The van der Waals surface area contributed by atoms with Crippen molar-refractivity contribution in [3.63, 3.8) is 0 Å². The molecule has 194 valence electrons. The Bertz CT molecular complexity index is 1040. The average Bonchev–Trinajstić information content (AvgIpc) is 2.90. The van der Waals surface area contributed by atoms with Gasteiger partial charge in [-0.2, -0.15) is 0 Å². The lowest BCUT2D eigenvalue weighted by Gasteiger charge is -2.42. The van der Waals surface area contributed by atoms with Crippen molar-refractivity contribution in [3.05, 3.63) is 69.7 Å². The zero-order chi connectivity index (χ0) is 25.7. The second kappa shape index (κ2) is 12.3. The highest BCUT2D eigenvalue weighted by Gasteiger charge is 2.32. The number of hydrogen-bond acceptors (Lipinski definition) is 3. The van der Waals surface area contributed by atoms with Crippen molar-refractivity contribution in [2.75, 3.05) is 53.4 Å². The first-order chi connectivity index (χ1) is 17.3. The van der Waals surface area contributed by atoms with E-state index in [4.69, 9.17) is 23.2 Å². The Balaban J connectivity index is 1.38. The molecule has 0 radical (unpaired) electrons. The maximum atomic E-state index is 13.0. The predicted molar refractivity (Wildman–Crippen MR) is 146 cm³/mol. The fourth-order valence-corrected chi connectivity index (χ4v) is 5.67. The lowest BCUT2D eigenvalue weighted by atomic mass is 9.93. The Morgan fingerprint density at radius 3 is 2.44 bits per heavy atom. The number of likely N-dealkylation sites (tertiary alicyclic amines) is 1. The smallest absolute Gasteiger partial charge is 0.319 e. The van der Waals surface area contributed by atoms with Crippen LogP contribution in [0.4, 0.5) is 4.79 Å². The quantitative estimate of drug-likeness (QED) is 0.455. The normalized spacial score (nSPS) is 18.4. The van der Waals surface area contributed by atoms with E-state index in [2.05, 4.69) is 9.80 Å². The Morgan fingerprint density at radius 2 is 1.75 bits per heavy atom. The third-order valence-electron chi connectivity index (χ3n) is 7.53. The molecule has 2 aliphatic heterocycles. The van der Waals surface area contributed by atoms with Crippen molar-refractivity contribution >= 4 is 35.1 Å². The van der Waals surface area contributed by atoms with Gasteiger partial charge in [-0.05, 0) is 62.1 Å². The highest BCUT2D eigenvalue weighted by molar-refractivity contribution is 6.42. The summed E-state index contributed by atoms with van der Waals surface area (Å²) in [4.78, 5) is 33.8. The highest BCUT2D eigenvalue weighted by Crippen LogP contribution is 2.30. The molecule has 6 nitrogen and oxygen atoms in total. The van der Waals surface area contributed by atoms with E-state index in [1.165, 1.54) is 0 Å². The van der Waals surface area contributed by atoms with Gasteiger partial charge in [0.15, 0.2) is 0 Å². The molecule has 3 amide bonds. The third-order valence-corrected chi connectivity index (χ3v) is 8.27. The van der Waals surface area contributed by atoms with Crippen LogP contribution in [0.1, 0.15) is 47.5 Å². The zero-order valence-corrected chi connectivity index (χ0v) is 22.7. The Kier molecular flexibility index (Phi) is 9.15. The first kappa shape index (κ1) is 26.8. The van der Waals surface area contributed by atoms with Gasteiger partial charge in [0, 0.05) is 64.3 Å². The molecule has 36 heavy (non-hydrogen) atoms. The molecule has 2 saturated heterocycles. The van der Waals surface area contributed by atoms with Crippen LogP contribution in [-0.4, -0.2) is 90.9 Å². The minimum absolute atomic E-state index is 0.0117. The molecule has 2 aromatic rings. The van der Waals surface area contributed by atoms with Gasteiger partial charge in [-0.3, -0.25) is 4.79 Å². The summed E-state index contributed by atoms with van der Waals surface area (Å²) in [6, 6.07) is 15.7. The van der Waals surface area contributed by atoms with Gasteiger partial charge < -0.3 is 19.6 Å². The topological polar surface area (TPSA) is 47.1 Å². The number of nitrogens with zero attached hydrogens (tertiary/aromatic N) is 4. The molecule has 2 fully saturated rings. The second-order valence-electron chi connectivity index (χ2n) is 10.0. The first-order valence-electron chi connectivity index (χ1n) is 12.8. The van der Waals surface area contributed by atoms with Crippen molar-refractivity contribution < 1.29 is 9.59 Å². The monoisotopic (exact) mass is 530 g/mol. The number of rotatable bonds is 8. The summed E-state index contributed by atoms with van der Waals surface area (Å²) in [5.41, 5.74) is 1.78. The van der Waals surface area contributed by atoms with Gasteiger partial charge in [-0.1, -0.05) is 47.5 Å². The fourth-order valence-electron chi connectivity index (χ4n) is 5.36. The van der Waals surface area contributed by atoms with Crippen LogP contribution in [0.5, 0.6) is 0 Å². The molecular formula is C28H36Cl2N4O2. The summed E-state index contributed by atoms with van der Waals surface area (Å²) < 4.78 is 0. The van der Waals surface area contributed by atoms with Crippen LogP contribution in [0.25, 0.3) is 0 Å². The Hall–Kier alpha value is -2.28. The van der Waals surface area contributed by atoms with Gasteiger partial charge >= 0.3 is 6.03 Å². The van der Waals surface area contributed by atoms with Crippen LogP contribution in [0, 0.1) is 0 Å². The van der Waals surface area contributed by atoms with Crippen molar-refractivity contribution in [2.24, 2.45) is 0 Å². The van der Waals surface area contributed by atoms with Crippen molar-refractivity contribution in [1.82, 2.24) is 19.6 Å². The molecule has 0 spiro atoms. The number of amides is 3. The second-order valence-corrected chi connectivity index (χ2v) is 10.8. The lowest BCUT2D eigenvalue weighted by Crippen LogP contribution is -2.54. The largest absolute Gasteiger partial charge is 0.341 e. The van der Waals surface area contributed by atoms with E-state index >= 15 is 0 Å². The standard InChI is InChI=1S/C28H36Cl2N4O2/c1-31-14-6-15-34(28(31)36)24-12-17-33(18-13-24)16-11-23(22-9-10-25(29)26(30)19-22)20-32(2)27(35)21-7-4-3-5-8-21/h3-5,7-10,19,23-24H,6,11-18,20H2,1-2H3. The fraction of sp³-hybridized carbons (Fsp3) is 0.500. The van der Waals surface area contributed by atoms with Crippen LogP contribution >= 0.6 is 23.2 Å². The molecule has 4 rings (SSSR count). The van der Waals surface area contributed by atoms with Gasteiger partial charge in [-0.15, -0.1) is 0 Å². The zero-order valence-electron chi connectivity index (χ0n) is 21.2. The van der Waals surface area contributed by atoms with Gasteiger partial charge in [0.2, 0.25) is 0 Å². The average molecular weight is 532 g/mol. The summed E-state index contributed by atoms with van der Waals surface area (Å²) in [5.74, 6) is 0.144. The van der Waals surface area contributed by atoms with Crippen LogP contribution in [0.3, 0.4) is 0 Å². The summed E-state index contributed by atoms with van der Waals surface area (Å²) in [6.45, 7) is 5.20. The first-order valence-corrected chi connectivity index (χ1v) is 13.6. The number of likely N-dealkylation sites (N-methyl/N-ethyl adjacent to an activating group) is 1. The molecular weight excluding hydrogens is 495 g/mol. The number of carbonyl (C=O) groups excluding carboxylic acids is 2. The van der Waals surface area contributed by atoms with Gasteiger partial charge in [-0.25, -0.2) is 4.79 Å². The number of hydrogen-bond donors (Lipinski definition) is 0. The molecule has 2 aliphatic rings. The van der Waals surface area contributed by atoms with Gasteiger partial charge in [0.1, 0.15) is 0 Å². The van der Waals surface area contributed by atoms with Gasteiger partial charge in [0.25, 0.3) is 5.91 Å². The van der Waals surface area contributed by atoms with Crippen molar-refractivity contribution in [3.8, 4) is 0 Å². The van der Waals surface area contributed by atoms with E-state index in [0.717, 1.165) is 64.0 Å². The number of benzene rings is 2. The number of piperidine rings is 1. The van der Waals surface area contributed by atoms with E-state index in [1.807, 2.05) is 67.5 Å². The van der Waals surface area contributed by atoms with E-state index < -0.39 is 0 Å². The molecule has 0 aromatic heterocycles.